The van der Waals surface area contributed by atoms with Crippen LogP contribution in [0.1, 0.15) is 34.4 Å². The Bertz CT molecular complexity index is 1450. The number of benzene rings is 1. The van der Waals surface area contributed by atoms with Crippen LogP contribution in [0.2, 0.25) is 0 Å². The Morgan fingerprint density at radius 3 is 2.38 bits per heavy atom. The standard InChI is InChI=1S/C23H26F3N7O5S/c1-6-38-32-22(34)16-12-27-20(31-21-9-13(2)28-14(3)29-21)11-18(16)30-17-8-7-15(23(24,25)26)10-19(17)33(4)39(35,36)37-5/h7-12H,6H2,1-5H3,(H,32,34)(H2,27,28,29,30,31). The van der Waals surface area contributed by atoms with Gasteiger partial charge < -0.3 is 10.6 Å². The topological polar surface area (TPSA) is 148 Å². The molecule has 0 atom stereocenters. The predicted octanol–water partition coefficient (Wildman–Crippen LogP) is 4.00. The highest BCUT2D eigenvalue weighted by Crippen LogP contribution is 2.38. The van der Waals surface area contributed by atoms with E-state index >= 15 is 0 Å². The number of hydrogen-bond acceptors (Lipinski definition) is 10. The lowest BCUT2D eigenvalue weighted by molar-refractivity contribution is -0.137. The maximum atomic E-state index is 13.5. The number of nitrogens with zero attached hydrogens (tertiary/aromatic N) is 4. The van der Waals surface area contributed by atoms with Gasteiger partial charge in [0.2, 0.25) is 0 Å². The van der Waals surface area contributed by atoms with Crippen LogP contribution in [0.25, 0.3) is 0 Å². The summed E-state index contributed by atoms with van der Waals surface area (Å²) in [4.78, 5) is 30.4. The Balaban J connectivity index is 2.13. The summed E-state index contributed by atoms with van der Waals surface area (Å²) in [6.45, 7) is 5.29. The molecule has 1 amide bonds. The van der Waals surface area contributed by atoms with Gasteiger partial charge in [-0.15, -0.1) is 0 Å². The van der Waals surface area contributed by atoms with Gasteiger partial charge in [-0.2, -0.15) is 21.6 Å². The molecule has 3 aromatic rings. The minimum Gasteiger partial charge on any atom is -0.353 e. The van der Waals surface area contributed by atoms with Crippen molar-refractivity contribution >= 4 is 44.9 Å². The number of halogens is 3. The van der Waals surface area contributed by atoms with E-state index in [2.05, 4.69) is 35.2 Å². The second-order valence-electron chi connectivity index (χ2n) is 7.99. The number of aromatic nitrogens is 3. The molecule has 3 rings (SSSR count). The lowest BCUT2D eigenvalue weighted by atomic mass is 10.1. The van der Waals surface area contributed by atoms with Gasteiger partial charge in [-0.3, -0.25) is 13.8 Å². The highest BCUT2D eigenvalue weighted by Gasteiger charge is 2.33. The smallest absolute Gasteiger partial charge is 0.353 e. The Hall–Kier alpha value is -4.02. The van der Waals surface area contributed by atoms with Crippen molar-refractivity contribution in [3.05, 3.63) is 59.2 Å². The van der Waals surface area contributed by atoms with Crippen molar-refractivity contribution in [2.75, 3.05) is 35.7 Å². The molecule has 3 N–H and O–H groups in total. The van der Waals surface area contributed by atoms with Crippen LogP contribution in [-0.2, 0) is 25.5 Å². The van der Waals surface area contributed by atoms with Gasteiger partial charge in [0.05, 0.1) is 41.9 Å². The summed E-state index contributed by atoms with van der Waals surface area (Å²) in [5.74, 6) is 0.416. The number of alkyl halides is 3. The van der Waals surface area contributed by atoms with Crippen molar-refractivity contribution < 1.29 is 35.4 Å². The molecule has 39 heavy (non-hydrogen) atoms. The van der Waals surface area contributed by atoms with E-state index in [0.29, 0.717) is 27.7 Å². The molecule has 2 aromatic heterocycles. The van der Waals surface area contributed by atoms with E-state index < -0.39 is 33.6 Å². The molecule has 16 heteroatoms. The second kappa shape index (κ2) is 11.8. The zero-order valence-electron chi connectivity index (χ0n) is 21.5. The molecule has 12 nitrogen and oxygen atoms in total. The third-order valence-electron chi connectivity index (χ3n) is 5.16. The fourth-order valence-corrected chi connectivity index (χ4v) is 3.98. The molecule has 210 valence electrons. The average molecular weight is 570 g/mol. The van der Waals surface area contributed by atoms with Gasteiger partial charge in [0, 0.05) is 31.1 Å². The molecule has 0 aliphatic rings. The summed E-state index contributed by atoms with van der Waals surface area (Å²) < 4.78 is 70.1. The highest BCUT2D eigenvalue weighted by molar-refractivity contribution is 7.88. The summed E-state index contributed by atoms with van der Waals surface area (Å²) in [5, 5.41) is 5.83. The number of aryl methyl sites for hydroxylation is 2. The Kier molecular flexibility index (Phi) is 8.93. The molecule has 0 spiro atoms. The van der Waals surface area contributed by atoms with Crippen LogP contribution in [-0.4, -0.2) is 50.0 Å². The van der Waals surface area contributed by atoms with E-state index in [9.17, 15) is 26.4 Å². The number of pyridine rings is 1. The second-order valence-corrected chi connectivity index (χ2v) is 9.73. The van der Waals surface area contributed by atoms with Gasteiger partial charge in [-0.05, 0) is 39.0 Å². The molecule has 0 bridgehead atoms. The molecular weight excluding hydrogens is 543 g/mol. The van der Waals surface area contributed by atoms with E-state index in [0.717, 1.165) is 26.3 Å². The predicted molar refractivity (Wildman–Crippen MR) is 137 cm³/mol. The molecule has 0 saturated heterocycles. The molecule has 2 heterocycles. The number of nitrogens with one attached hydrogen (secondary N) is 3. The first-order valence-electron chi connectivity index (χ1n) is 11.3. The average Bonchev–Trinajstić information content (AvgIpc) is 2.86. The zero-order chi connectivity index (χ0) is 29.0. The quantitative estimate of drug-likeness (QED) is 0.306. The third kappa shape index (κ3) is 7.30. The van der Waals surface area contributed by atoms with Crippen LogP contribution in [0.3, 0.4) is 0 Å². The van der Waals surface area contributed by atoms with Crippen molar-refractivity contribution in [2.45, 2.75) is 26.9 Å². The maximum Gasteiger partial charge on any atom is 0.416 e. The number of hydroxylamine groups is 1. The van der Waals surface area contributed by atoms with Gasteiger partial charge in [-0.1, -0.05) is 0 Å². The molecule has 0 aliphatic heterocycles. The molecule has 0 saturated carbocycles. The Morgan fingerprint density at radius 2 is 1.77 bits per heavy atom. The lowest BCUT2D eigenvalue weighted by Gasteiger charge is -2.23. The van der Waals surface area contributed by atoms with Crippen LogP contribution in [0.5, 0.6) is 0 Å². The van der Waals surface area contributed by atoms with Crippen LogP contribution < -0.4 is 20.4 Å². The monoisotopic (exact) mass is 569 g/mol. The SMILES string of the molecule is CCONC(=O)c1cnc(Nc2cc(C)nc(C)n2)cc1Nc1ccc(C(F)(F)F)cc1N(C)S(=O)(=O)OC. The summed E-state index contributed by atoms with van der Waals surface area (Å²) in [6.07, 6.45) is -3.55. The van der Waals surface area contributed by atoms with Crippen molar-refractivity contribution in [3.63, 3.8) is 0 Å². The van der Waals surface area contributed by atoms with E-state index in [1.54, 1.807) is 26.8 Å². The first kappa shape index (κ1) is 29.5. The van der Waals surface area contributed by atoms with Crippen molar-refractivity contribution in [3.8, 4) is 0 Å². The first-order chi connectivity index (χ1) is 18.2. The number of hydrogen-bond donors (Lipinski definition) is 3. The van der Waals surface area contributed by atoms with E-state index in [1.807, 2.05) is 0 Å². The van der Waals surface area contributed by atoms with E-state index in [-0.39, 0.29) is 29.4 Å². The van der Waals surface area contributed by atoms with Crippen LogP contribution >= 0.6 is 0 Å². The van der Waals surface area contributed by atoms with Crippen molar-refractivity contribution in [2.24, 2.45) is 0 Å². The Labute approximate surface area is 222 Å². The number of carbonyl (C=O) groups excluding carboxylic acids is 1. The number of amides is 1. The molecule has 1 aromatic carbocycles. The molecule has 0 unspecified atom stereocenters. The minimum atomic E-state index is -4.75. The fraction of sp³-hybridized carbons (Fsp3) is 0.304. The molecule has 0 aliphatic carbocycles. The van der Waals surface area contributed by atoms with E-state index in [1.165, 1.54) is 12.3 Å². The normalized spacial score (nSPS) is 11.7. The number of carbonyl (C=O) groups is 1. The fourth-order valence-electron chi connectivity index (χ4n) is 3.36. The molecule has 0 fully saturated rings. The van der Waals surface area contributed by atoms with Crippen LogP contribution in [0.15, 0.2) is 36.5 Å². The third-order valence-corrected chi connectivity index (χ3v) is 6.45. The van der Waals surface area contributed by atoms with Gasteiger partial charge in [0.15, 0.2) is 0 Å². The summed E-state index contributed by atoms with van der Waals surface area (Å²) in [6, 6.07) is 5.52. The maximum absolute atomic E-state index is 13.5. The van der Waals surface area contributed by atoms with Crippen molar-refractivity contribution in [1.82, 2.24) is 20.4 Å². The summed E-state index contributed by atoms with van der Waals surface area (Å²) >= 11 is 0. The first-order valence-corrected chi connectivity index (χ1v) is 12.7. The number of anilines is 5. The van der Waals surface area contributed by atoms with E-state index in [4.69, 9.17) is 4.84 Å². The van der Waals surface area contributed by atoms with Crippen LogP contribution in [0.4, 0.5) is 41.9 Å². The minimum absolute atomic E-state index is 0.0489. The summed E-state index contributed by atoms with van der Waals surface area (Å²) in [5.41, 5.74) is 1.36. The van der Waals surface area contributed by atoms with Crippen molar-refractivity contribution in [1.29, 1.82) is 0 Å². The zero-order valence-corrected chi connectivity index (χ0v) is 22.4. The lowest BCUT2D eigenvalue weighted by Crippen LogP contribution is -2.28. The molecular formula is C23H26F3N7O5S. The van der Waals surface area contributed by atoms with Gasteiger partial charge in [-0.25, -0.2) is 24.7 Å². The van der Waals surface area contributed by atoms with Crippen LogP contribution in [0, 0.1) is 13.8 Å². The highest BCUT2D eigenvalue weighted by atomic mass is 32.2. The van der Waals surface area contributed by atoms with Gasteiger partial charge >= 0.3 is 16.5 Å². The summed E-state index contributed by atoms with van der Waals surface area (Å²) in [7, 11) is -2.53. The number of rotatable bonds is 10. The van der Waals surface area contributed by atoms with Gasteiger partial charge in [0.25, 0.3) is 5.91 Å². The largest absolute Gasteiger partial charge is 0.416 e. The molecule has 0 radical (unpaired) electrons. The Morgan fingerprint density at radius 1 is 1.05 bits per heavy atom. The van der Waals surface area contributed by atoms with Gasteiger partial charge in [0.1, 0.15) is 17.5 Å².